The number of carbonyl (C=O) groups excluding carboxylic acids is 1. The van der Waals surface area contributed by atoms with Crippen molar-refractivity contribution in [3.05, 3.63) is 35.4 Å². The molecule has 16 heavy (non-hydrogen) atoms. The zero-order valence-corrected chi connectivity index (χ0v) is 10.3. The lowest BCUT2D eigenvalue weighted by atomic mass is 9.96. The van der Waals surface area contributed by atoms with Crippen molar-refractivity contribution in [1.29, 1.82) is 0 Å². The van der Waals surface area contributed by atoms with Crippen LogP contribution >= 0.6 is 0 Å². The molecule has 1 aromatic rings. The number of rotatable bonds is 6. The van der Waals surface area contributed by atoms with E-state index in [-0.39, 0.29) is 11.7 Å². The molecule has 88 valence electrons. The number of carbonyl (C=O) groups is 1. The number of hydrogen-bond donors (Lipinski definition) is 0. The molecule has 0 bridgehead atoms. The van der Waals surface area contributed by atoms with Gasteiger partial charge in [-0.1, -0.05) is 38.1 Å². The van der Waals surface area contributed by atoms with Gasteiger partial charge in [0.15, 0.2) is 5.78 Å². The summed E-state index contributed by atoms with van der Waals surface area (Å²) in [5.41, 5.74) is 2.07. The summed E-state index contributed by atoms with van der Waals surface area (Å²) in [6, 6.07) is 7.89. The molecule has 1 atom stereocenters. The molecule has 1 unspecified atom stereocenters. The van der Waals surface area contributed by atoms with Crippen LogP contribution in [0.15, 0.2) is 24.3 Å². The molecule has 1 aromatic carbocycles. The van der Waals surface area contributed by atoms with Crippen LogP contribution in [-0.4, -0.2) is 19.5 Å². The Hall–Kier alpha value is -1.15. The lowest BCUT2D eigenvalue weighted by molar-refractivity contribution is 0.0893. The Kier molecular flexibility index (Phi) is 5.20. The maximum Gasteiger partial charge on any atom is 0.165 e. The quantitative estimate of drug-likeness (QED) is 0.689. The standard InChI is InChI=1S/C14H20O2/c1-4-12-5-7-13(8-6-12)14(15)11(2)9-10-16-3/h5-8,11H,4,9-10H2,1-3H3. The Bertz CT molecular complexity index is 327. The Morgan fingerprint density at radius 2 is 1.94 bits per heavy atom. The fourth-order valence-electron chi connectivity index (χ4n) is 1.61. The normalized spacial score (nSPS) is 12.4. The zero-order valence-electron chi connectivity index (χ0n) is 10.3. The summed E-state index contributed by atoms with van der Waals surface area (Å²) in [6.07, 6.45) is 1.79. The van der Waals surface area contributed by atoms with Crippen LogP contribution in [0.1, 0.15) is 36.2 Å². The van der Waals surface area contributed by atoms with Gasteiger partial charge in [-0.2, -0.15) is 0 Å². The summed E-state index contributed by atoms with van der Waals surface area (Å²) in [5.74, 6) is 0.243. The molecule has 0 aromatic heterocycles. The summed E-state index contributed by atoms with van der Waals surface area (Å²) >= 11 is 0. The highest BCUT2D eigenvalue weighted by molar-refractivity contribution is 5.97. The summed E-state index contributed by atoms with van der Waals surface area (Å²) < 4.78 is 4.98. The second-order valence-electron chi connectivity index (χ2n) is 4.10. The largest absolute Gasteiger partial charge is 0.385 e. The monoisotopic (exact) mass is 220 g/mol. The highest BCUT2D eigenvalue weighted by Gasteiger charge is 2.14. The van der Waals surface area contributed by atoms with E-state index in [4.69, 9.17) is 4.74 Å². The first-order valence-corrected chi connectivity index (χ1v) is 5.81. The SMILES string of the molecule is CCc1ccc(C(=O)C(C)CCOC)cc1. The second kappa shape index (κ2) is 6.44. The average molecular weight is 220 g/mol. The summed E-state index contributed by atoms with van der Waals surface area (Å²) in [7, 11) is 1.66. The van der Waals surface area contributed by atoms with Crippen LogP contribution in [-0.2, 0) is 11.2 Å². The van der Waals surface area contributed by atoms with E-state index in [1.165, 1.54) is 5.56 Å². The molecular formula is C14H20O2. The molecule has 0 fully saturated rings. The minimum atomic E-state index is 0.0347. The smallest absolute Gasteiger partial charge is 0.165 e. The van der Waals surface area contributed by atoms with E-state index in [1.807, 2.05) is 31.2 Å². The summed E-state index contributed by atoms with van der Waals surface area (Å²) in [6.45, 7) is 4.70. The predicted molar refractivity (Wildman–Crippen MR) is 65.8 cm³/mol. The second-order valence-corrected chi connectivity index (χ2v) is 4.10. The van der Waals surface area contributed by atoms with Crippen LogP contribution < -0.4 is 0 Å². The average Bonchev–Trinajstić information content (AvgIpc) is 2.35. The number of aryl methyl sites for hydroxylation is 1. The maximum atomic E-state index is 12.0. The third-order valence-electron chi connectivity index (χ3n) is 2.85. The van der Waals surface area contributed by atoms with Crippen molar-refractivity contribution in [3.8, 4) is 0 Å². The number of benzene rings is 1. The minimum Gasteiger partial charge on any atom is -0.385 e. The van der Waals surface area contributed by atoms with E-state index in [2.05, 4.69) is 6.92 Å². The van der Waals surface area contributed by atoms with Gasteiger partial charge in [0.2, 0.25) is 0 Å². The van der Waals surface area contributed by atoms with E-state index >= 15 is 0 Å². The van der Waals surface area contributed by atoms with Crippen LogP contribution in [0.2, 0.25) is 0 Å². The highest BCUT2D eigenvalue weighted by Crippen LogP contribution is 2.13. The topological polar surface area (TPSA) is 26.3 Å². The van der Waals surface area contributed by atoms with Crippen LogP contribution in [0.3, 0.4) is 0 Å². The minimum absolute atomic E-state index is 0.0347. The summed E-state index contributed by atoms with van der Waals surface area (Å²) in [4.78, 5) is 12.0. The van der Waals surface area contributed by atoms with E-state index in [0.717, 1.165) is 18.4 Å². The van der Waals surface area contributed by atoms with Crippen molar-refractivity contribution in [2.24, 2.45) is 5.92 Å². The van der Waals surface area contributed by atoms with Gasteiger partial charge in [0.05, 0.1) is 0 Å². The Labute approximate surface area is 97.6 Å². The first kappa shape index (κ1) is 12.9. The first-order chi connectivity index (χ1) is 7.69. The van der Waals surface area contributed by atoms with E-state index in [9.17, 15) is 4.79 Å². The molecule has 0 saturated heterocycles. The van der Waals surface area contributed by atoms with Crippen molar-refractivity contribution >= 4 is 5.78 Å². The molecular weight excluding hydrogens is 200 g/mol. The molecule has 0 aliphatic carbocycles. The van der Waals surface area contributed by atoms with E-state index < -0.39 is 0 Å². The third-order valence-corrected chi connectivity index (χ3v) is 2.85. The molecule has 2 nitrogen and oxygen atoms in total. The van der Waals surface area contributed by atoms with Crippen molar-refractivity contribution in [1.82, 2.24) is 0 Å². The number of ketones is 1. The Morgan fingerprint density at radius 3 is 2.44 bits per heavy atom. The van der Waals surface area contributed by atoms with Gasteiger partial charge in [-0.15, -0.1) is 0 Å². The molecule has 0 saturated carbocycles. The number of hydrogen-bond acceptors (Lipinski definition) is 2. The number of ether oxygens (including phenoxy) is 1. The van der Waals surface area contributed by atoms with Gasteiger partial charge >= 0.3 is 0 Å². The molecule has 0 N–H and O–H groups in total. The molecule has 0 spiro atoms. The number of methoxy groups -OCH3 is 1. The highest BCUT2D eigenvalue weighted by atomic mass is 16.5. The summed E-state index contributed by atoms with van der Waals surface area (Å²) in [5, 5.41) is 0. The van der Waals surface area contributed by atoms with Crippen molar-refractivity contribution in [2.75, 3.05) is 13.7 Å². The van der Waals surface area contributed by atoms with Crippen molar-refractivity contribution in [2.45, 2.75) is 26.7 Å². The van der Waals surface area contributed by atoms with Gasteiger partial charge in [0.25, 0.3) is 0 Å². The van der Waals surface area contributed by atoms with E-state index in [1.54, 1.807) is 7.11 Å². The van der Waals surface area contributed by atoms with Crippen LogP contribution in [0.5, 0.6) is 0 Å². The van der Waals surface area contributed by atoms with Gasteiger partial charge < -0.3 is 4.74 Å². The first-order valence-electron chi connectivity index (χ1n) is 5.81. The van der Waals surface area contributed by atoms with Crippen molar-refractivity contribution < 1.29 is 9.53 Å². The lowest BCUT2D eigenvalue weighted by Gasteiger charge is -2.10. The van der Waals surface area contributed by atoms with Gasteiger partial charge in [-0.05, 0) is 18.4 Å². The van der Waals surface area contributed by atoms with Crippen LogP contribution in [0.4, 0.5) is 0 Å². The Morgan fingerprint density at radius 1 is 1.31 bits per heavy atom. The fraction of sp³-hybridized carbons (Fsp3) is 0.500. The molecule has 0 radical (unpaired) electrons. The van der Waals surface area contributed by atoms with Gasteiger partial charge in [-0.3, -0.25) is 4.79 Å². The van der Waals surface area contributed by atoms with Crippen LogP contribution in [0, 0.1) is 5.92 Å². The number of Topliss-reactive ketones (excluding diaryl/α,β-unsaturated/α-hetero) is 1. The predicted octanol–water partition coefficient (Wildman–Crippen LogP) is 3.10. The molecule has 0 aliphatic heterocycles. The van der Waals surface area contributed by atoms with Gasteiger partial charge in [0, 0.05) is 25.2 Å². The molecule has 0 aliphatic rings. The maximum absolute atomic E-state index is 12.0. The molecule has 2 heteroatoms. The Balaban J connectivity index is 2.64. The molecule has 0 amide bonds. The van der Waals surface area contributed by atoms with Crippen molar-refractivity contribution in [3.63, 3.8) is 0 Å². The van der Waals surface area contributed by atoms with Gasteiger partial charge in [-0.25, -0.2) is 0 Å². The van der Waals surface area contributed by atoms with E-state index in [0.29, 0.717) is 6.61 Å². The fourth-order valence-corrected chi connectivity index (χ4v) is 1.61. The lowest BCUT2D eigenvalue weighted by Crippen LogP contribution is -2.13. The molecule has 1 rings (SSSR count). The van der Waals surface area contributed by atoms with Crippen LogP contribution in [0.25, 0.3) is 0 Å². The third kappa shape index (κ3) is 3.46. The molecule has 0 heterocycles. The zero-order chi connectivity index (χ0) is 12.0. The van der Waals surface area contributed by atoms with Gasteiger partial charge in [0.1, 0.15) is 0 Å².